The van der Waals surface area contributed by atoms with Crippen LogP contribution in [0.1, 0.15) is 84.1 Å². The number of para-hydroxylation sites is 1. The van der Waals surface area contributed by atoms with Gasteiger partial charge in [-0.25, -0.2) is 0 Å². The first kappa shape index (κ1) is 28.0. The minimum Gasteiger partial charge on any atom is -0.461 e. The van der Waals surface area contributed by atoms with E-state index < -0.39 is 0 Å². The number of benzene rings is 2. The summed E-state index contributed by atoms with van der Waals surface area (Å²) < 4.78 is 6.14. The first-order valence-electron chi connectivity index (χ1n) is 12.8. The summed E-state index contributed by atoms with van der Waals surface area (Å²) in [5.74, 6) is -0.171. The molecule has 2 aromatic carbocycles. The Bertz CT molecular complexity index is 855. The molecule has 0 aromatic heterocycles. The maximum atomic E-state index is 12.7. The topological polar surface area (TPSA) is 55.4 Å². The number of unbranched alkanes of at least 4 members (excludes halogenated alkanes) is 3. The fourth-order valence-electron chi connectivity index (χ4n) is 3.97. The molecule has 0 fully saturated rings. The van der Waals surface area contributed by atoms with E-state index in [1.807, 2.05) is 30.3 Å². The third-order valence-electron chi connectivity index (χ3n) is 5.80. The van der Waals surface area contributed by atoms with Crippen molar-refractivity contribution in [2.24, 2.45) is 0 Å². The molecule has 2 rings (SSSR count). The third kappa shape index (κ3) is 10.8. The zero-order chi connectivity index (χ0) is 24.6. The van der Waals surface area contributed by atoms with Crippen LogP contribution in [0.2, 0.25) is 0 Å². The molecule has 0 radical (unpaired) electrons. The predicted octanol–water partition coefficient (Wildman–Crippen LogP) is 7.81. The molecule has 0 saturated heterocycles. The third-order valence-corrected chi connectivity index (χ3v) is 7.25. The molecule has 4 nitrogen and oxygen atoms in total. The number of hydrogen-bond donors (Lipinski definition) is 1. The van der Waals surface area contributed by atoms with Gasteiger partial charge in [0, 0.05) is 23.5 Å². The average Bonchev–Trinajstić information content (AvgIpc) is 2.82. The summed E-state index contributed by atoms with van der Waals surface area (Å²) >= 11 is 1.73. The number of carbonyl (C=O) groups is 2. The van der Waals surface area contributed by atoms with Gasteiger partial charge in [-0.1, -0.05) is 82.0 Å². The maximum Gasteiger partial charge on any atom is 0.306 e. The van der Waals surface area contributed by atoms with Gasteiger partial charge in [-0.05, 0) is 49.8 Å². The van der Waals surface area contributed by atoms with Crippen molar-refractivity contribution >= 4 is 29.3 Å². The molecule has 34 heavy (non-hydrogen) atoms. The number of rotatable bonds is 16. The number of esters is 1. The molecular formula is C29H41NO3S. The van der Waals surface area contributed by atoms with E-state index in [-0.39, 0.29) is 23.2 Å². The Morgan fingerprint density at radius 1 is 0.882 bits per heavy atom. The molecule has 0 heterocycles. The summed E-state index contributed by atoms with van der Waals surface area (Å²) in [6.45, 7) is 5.86. The monoisotopic (exact) mass is 483 g/mol. The van der Waals surface area contributed by atoms with Crippen LogP contribution in [0.25, 0.3) is 0 Å². The van der Waals surface area contributed by atoms with Crippen LogP contribution in [0.4, 0.5) is 5.69 Å². The van der Waals surface area contributed by atoms with Crippen LogP contribution in [-0.4, -0.2) is 23.2 Å². The number of ether oxygens (including phenoxy) is 1. The highest BCUT2D eigenvalue weighted by Crippen LogP contribution is 2.36. The minimum absolute atomic E-state index is 0.0834. The van der Waals surface area contributed by atoms with E-state index in [9.17, 15) is 9.59 Å². The second-order valence-corrected chi connectivity index (χ2v) is 10.1. The van der Waals surface area contributed by atoms with Gasteiger partial charge in [0.05, 0.1) is 5.69 Å². The number of anilines is 1. The molecule has 1 amide bonds. The molecule has 0 aliphatic rings. The lowest BCUT2D eigenvalue weighted by molar-refractivity contribution is -0.149. The SMILES string of the molecule is CCCCCC(=O)OC(CCCc1ccccc1)C(CCCC)Sc1ccccc1NC(C)=O. The lowest BCUT2D eigenvalue weighted by Gasteiger charge is -2.28. The van der Waals surface area contributed by atoms with Crippen LogP contribution in [0.3, 0.4) is 0 Å². The molecule has 2 aromatic rings. The van der Waals surface area contributed by atoms with Gasteiger partial charge < -0.3 is 10.1 Å². The van der Waals surface area contributed by atoms with Crippen molar-refractivity contribution in [3.8, 4) is 0 Å². The Balaban J connectivity index is 2.17. The van der Waals surface area contributed by atoms with Gasteiger partial charge in [-0.15, -0.1) is 11.8 Å². The van der Waals surface area contributed by atoms with E-state index in [1.165, 1.54) is 12.5 Å². The quantitative estimate of drug-likeness (QED) is 0.150. The lowest BCUT2D eigenvalue weighted by atomic mass is 10.0. The van der Waals surface area contributed by atoms with Crippen molar-refractivity contribution in [1.29, 1.82) is 0 Å². The van der Waals surface area contributed by atoms with E-state index in [4.69, 9.17) is 4.74 Å². The summed E-state index contributed by atoms with van der Waals surface area (Å²) in [5.41, 5.74) is 2.13. The molecule has 2 unspecified atom stereocenters. The number of carbonyl (C=O) groups excluding carboxylic acids is 2. The van der Waals surface area contributed by atoms with Crippen LogP contribution in [0.15, 0.2) is 59.5 Å². The molecule has 0 bridgehead atoms. The fraction of sp³-hybridized carbons (Fsp3) is 0.517. The Labute approximate surface area is 210 Å². The second kappa shape index (κ2) is 16.4. The van der Waals surface area contributed by atoms with Gasteiger partial charge in [-0.2, -0.15) is 0 Å². The molecule has 0 spiro atoms. The first-order chi connectivity index (χ1) is 16.5. The summed E-state index contributed by atoms with van der Waals surface area (Å²) in [7, 11) is 0. The average molecular weight is 484 g/mol. The normalized spacial score (nSPS) is 12.7. The highest BCUT2D eigenvalue weighted by molar-refractivity contribution is 8.00. The molecule has 1 N–H and O–H groups in total. The van der Waals surface area contributed by atoms with Gasteiger partial charge in [0.2, 0.25) is 5.91 Å². The van der Waals surface area contributed by atoms with Crippen molar-refractivity contribution in [2.45, 2.75) is 101 Å². The van der Waals surface area contributed by atoms with E-state index >= 15 is 0 Å². The maximum absolute atomic E-state index is 12.7. The highest BCUT2D eigenvalue weighted by atomic mass is 32.2. The number of aryl methyl sites for hydroxylation is 1. The number of hydrogen-bond acceptors (Lipinski definition) is 4. The molecule has 5 heteroatoms. The largest absolute Gasteiger partial charge is 0.461 e. The smallest absolute Gasteiger partial charge is 0.306 e. The standard InChI is InChI=1S/C29H41NO3S/c1-4-6-9-22-29(32)33-26(19-14-17-24-15-10-8-11-16-24)28(20-7-5-2)34-27-21-13-12-18-25(27)30-23(3)31/h8,10-13,15-16,18,21,26,28H,4-7,9,14,17,19-20,22H2,1-3H3,(H,30,31). The van der Waals surface area contributed by atoms with Crippen LogP contribution in [0.5, 0.6) is 0 Å². The van der Waals surface area contributed by atoms with Crippen molar-refractivity contribution in [3.63, 3.8) is 0 Å². The Morgan fingerprint density at radius 2 is 1.59 bits per heavy atom. The zero-order valence-electron chi connectivity index (χ0n) is 21.1. The molecule has 0 saturated carbocycles. The number of thioether (sulfide) groups is 1. The first-order valence-corrected chi connectivity index (χ1v) is 13.7. The molecule has 2 atom stereocenters. The van der Waals surface area contributed by atoms with Crippen LogP contribution in [0, 0.1) is 0 Å². The van der Waals surface area contributed by atoms with E-state index in [2.05, 4.69) is 43.4 Å². The van der Waals surface area contributed by atoms with Crippen LogP contribution >= 0.6 is 11.8 Å². The lowest BCUT2D eigenvalue weighted by Crippen LogP contribution is -2.30. The summed E-state index contributed by atoms with van der Waals surface area (Å²) in [4.78, 5) is 25.5. The fourth-order valence-corrected chi connectivity index (χ4v) is 5.33. The van der Waals surface area contributed by atoms with Gasteiger partial charge in [0.15, 0.2) is 0 Å². The highest BCUT2D eigenvalue weighted by Gasteiger charge is 2.26. The minimum atomic E-state index is -0.153. The van der Waals surface area contributed by atoms with Crippen molar-refractivity contribution in [1.82, 2.24) is 0 Å². The number of amides is 1. The zero-order valence-corrected chi connectivity index (χ0v) is 21.9. The van der Waals surface area contributed by atoms with Crippen LogP contribution < -0.4 is 5.32 Å². The van der Waals surface area contributed by atoms with Gasteiger partial charge in [0.1, 0.15) is 6.10 Å². The molecule has 0 aliphatic heterocycles. The Kier molecular flexibility index (Phi) is 13.5. The summed E-state index contributed by atoms with van der Waals surface area (Å²) in [6, 6.07) is 18.4. The predicted molar refractivity (Wildman–Crippen MR) is 143 cm³/mol. The molecule has 0 aliphatic carbocycles. The van der Waals surface area contributed by atoms with Gasteiger partial charge >= 0.3 is 5.97 Å². The van der Waals surface area contributed by atoms with E-state index in [1.54, 1.807) is 11.8 Å². The van der Waals surface area contributed by atoms with E-state index in [0.717, 1.165) is 68.4 Å². The molecular weight excluding hydrogens is 442 g/mol. The van der Waals surface area contributed by atoms with E-state index in [0.29, 0.717) is 6.42 Å². The van der Waals surface area contributed by atoms with Crippen molar-refractivity contribution in [2.75, 3.05) is 5.32 Å². The summed E-state index contributed by atoms with van der Waals surface area (Å²) in [5, 5.41) is 3.09. The number of nitrogens with one attached hydrogen (secondary N) is 1. The van der Waals surface area contributed by atoms with Gasteiger partial charge in [-0.3, -0.25) is 9.59 Å². The second-order valence-electron chi connectivity index (χ2n) is 8.84. The van der Waals surface area contributed by atoms with Crippen molar-refractivity contribution in [3.05, 3.63) is 60.2 Å². The molecule has 186 valence electrons. The van der Waals surface area contributed by atoms with Gasteiger partial charge in [0.25, 0.3) is 0 Å². The Hall–Kier alpha value is -2.27. The van der Waals surface area contributed by atoms with Crippen molar-refractivity contribution < 1.29 is 14.3 Å². The summed E-state index contributed by atoms with van der Waals surface area (Å²) in [6.07, 6.45) is 9.24. The Morgan fingerprint density at radius 3 is 2.29 bits per heavy atom. The van der Waals surface area contributed by atoms with Crippen LogP contribution in [-0.2, 0) is 20.7 Å².